The van der Waals surface area contributed by atoms with Crippen LogP contribution in [0.3, 0.4) is 0 Å². The lowest BCUT2D eigenvalue weighted by Crippen LogP contribution is -2.44. The van der Waals surface area contributed by atoms with Crippen molar-refractivity contribution in [1.82, 2.24) is 9.88 Å². The van der Waals surface area contributed by atoms with Crippen molar-refractivity contribution in [3.8, 4) is 0 Å². The first-order chi connectivity index (χ1) is 10.1. The number of pyridine rings is 1. The average Bonchev–Trinajstić information content (AvgIpc) is 2.46. The van der Waals surface area contributed by atoms with Crippen molar-refractivity contribution in [1.29, 1.82) is 0 Å². The summed E-state index contributed by atoms with van der Waals surface area (Å²) in [6.07, 6.45) is 2.11. The van der Waals surface area contributed by atoms with Gasteiger partial charge in [-0.25, -0.2) is 4.98 Å². The summed E-state index contributed by atoms with van der Waals surface area (Å²) in [5.74, 6) is 1.10. The number of nitrogen functional groups attached to an aromatic ring is 1. The second kappa shape index (κ2) is 5.35. The van der Waals surface area contributed by atoms with Gasteiger partial charge in [0.15, 0.2) is 0 Å². The standard InChI is InChI=1S/C17H21N3O/c1-11-7-8-20(12(2)9-11)17(21)15-10-13-5-3-4-6-14(13)16(18)19-15/h3-6,10-12H,7-9H2,1-2H3,(H2,18,19). The molecule has 1 amide bonds. The van der Waals surface area contributed by atoms with Crippen molar-refractivity contribution < 1.29 is 4.79 Å². The van der Waals surface area contributed by atoms with E-state index in [1.165, 1.54) is 0 Å². The van der Waals surface area contributed by atoms with E-state index in [2.05, 4.69) is 18.8 Å². The Labute approximate surface area is 125 Å². The van der Waals surface area contributed by atoms with E-state index in [0.717, 1.165) is 30.2 Å². The fourth-order valence-electron chi connectivity index (χ4n) is 3.19. The maximum absolute atomic E-state index is 12.7. The summed E-state index contributed by atoms with van der Waals surface area (Å²) in [6, 6.07) is 9.87. The summed E-state index contributed by atoms with van der Waals surface area (Å²) >= 11 is 0. The molecule has 1 aliphatic heterocycles. The minimum absolute atomic E-state index is 0.00754. The van der Waals surface area contributed by atoms with Crippen LogP contribution in [0, 0.1) is 5.92 Å². The Balaban J connectivity index is 1.94. The third-order valence-corrected chi connectivity index (χ3v) is 4.39. The Kier molecular flexibility index (Phi) is 3.53. The van der Waals surface area contributed by atoms with Crippen LogP contribution in [0.25, 0.3) is 10.8 Å². The van der Waals surface area contributed by atoms with Gasteiger partial charge < -0.3 is 10.6 Å². The molecule has 0 saturated carbocycles. The average molecular weight is 283 g/mol. The normalized spacial score (nSPS) is 22.5. The number of hydrogen-bond donors (Lipinski definition) is 1. The highest BCUT2D eigenvalue weighted by Crippen LogP contribution is 2.25. The molecule has 2 unspecified atom stereocenters. The van der Waals surface area contributed by atoms with Gasteiger partial charge >= 0.3 is 0 Å². The zero-order valence-corrected chi connectivity index (χ0v) is 12.5. The predicted molar refractivity (Wildman–Crippen MR) is 85.1 cm³/mol. The minimum Gasteiger partial charge on any atom is -0.383 e. The Morgan fingerprint density at radius 3 is 2.86 bits per heavy atom. The van der Waals surface area contributed by atoms with Crippen LogP contribution >= 0.6 is 0 Å². The zero-order chi connectivity index (χ0) is 15.0. The number of nitrogens with two attached hydrogens (primary N) is 1. The van der Waals surface area contributed by atoms with Gasteiger partial charge in [0.1, 0.15) is 11.5 Å². The van der Waals surface area contributed by atoms with Gasteiger partial charge in [-0.1, -0.05) is 31.2 Å². The molecule has 1 fully saturated rings. The highest BCUT2D eigenvalue weighted by molar-refractivity contribution is 6.00. The molecule has 2 heterocycles. The fourth-order valence-corrected chi connectivity index (χ4v) is 3.19. The smallest absolute Gasteiger partial charge is 0.272 e. The Morgan fingerprint density at radius 2 is 2.10 bits per heavy atom. The van der Waals surface area contributed by atoms with Crippen LogP contribution < -0.4 is 5.73 Å². The Hall–Kier alpha value is -2.10. The van der Waals surface area contributed by atoms with Crippen LogP contribution in [0.5, 0.6) is 0 Å². The van der Waals surface area contributed by atoms with Crippen molar-refractivity contribution in [2.75, 3.05) is 12.3 Å². The van der Waals surface area contributed by atoms with Crippen LogP contribution in [-0.4, -0.2) is 28.4 Å². The van der Waals surface area contributed by atoms with Gasteiger partial charge in [0.05, 0.1) is 0 Å². The molecular formula is C17H21N3O. The molecule has 0 bridgehead atoms. The summed E-state index contributed by atoms with van der Waals surface area (Å²) in [7, 11) is 0. The number of aromatic nitrogens is 1. The van der Waals surface area contributed by atoms with Gasteiger partial charge in [-0.05, 0) is 37.1 Å². The van der Waals surface area contributed by atoms with E-state index in [0.29, 0.717) is 17.4 Å². The maximum Gasteiger partial charge on any atom is 0.272 e. The lowest BCUT2D eigenvalue weighted by Gasteiger charge is -2.36. The highest BCUT2D eigenvalue weighted by Gasteiger charge is 2.28. The zero-order valence-electron chi connectivity index (χ0n) is 12.5. The number of nitrogens with zero attached hydrogens (tertiary/aromatic N) is 2. The van der Waals surface area contributed by atoms with Crippen LogP contribution in [0.4, 0.5) is 5.82 Å². The molecule has 1 aromatic heterocycles. The largest absolute Gasteiger partial charge is 0.383 e. The van der Waals surface area contributed by atoms with Gasteiger partial charge in [0.2, 0.25) is 0 Å². The summed E-state index contributed by atoms with van der Waals surface area (Å²) in [6.45, 7) is 5.15. The fraction of sp³-hybridized carbons (Fsp3) is 0.412. The van der Waals surface area contributed by atoms with Crippen molar-refractivity contribution in [3.63, 3.8) is 0 Å². The van der Waals surface area contributed by atoms with Gasteiger partial charge in [-0.2, -0.15) is 0 Å². The summed E-state index contributed by atoms with van der Waals surface area (Å²) in [5.41, 5.74) is 6.45. The van der Waals surface area contributed by atoms with Crippen molar-refractivity contribution in [2.45, 2.75) is 32.7 Å². The number of fused-ring (bicyclic) bond motifs is 1. The topological polar surface area (TPSA) is 59.2 Å². The second-order valence-corrected chi connectivity index (χ2v) is 6.09. The van der Waals surface area contributed by atoms with E-state index in [-0.39, 0.29) is 11.9 Å². The molecule has 1 aliphatic rings. The lowest BCUT2D eigenvalue weighted by molar-refractivity contribution is 0.0583. The van der Waals surface area contributed by atoms with Crippen molar-refractivity contribution in [3.05, 3.63) is 36.0 Å². The number of carbonyl (C=O) groups excluding carboxylic acids is 1. The first-order valence-corrected chi connectivity index (χ1v) is 7.52. The summed E-state index contributed by atoms with van der Waals surface area (Å²) < 4.78 is 0. The Morgan fingerprint density at radius 1 is 1.33 bits per heavy atom. The number of benzene rings is 1. The van der Waals surface area contributed by atoms with Gasteiger partial charge in [-0.3, -0.25) is 4.79 Å². The molecule has 2 aromatic rings. The van der Waals surface area contributed by atoms with Crippen molar-refractivity contribution in [2.24, 2.45) is 5.92 Å². The van der Waals surface area contributed by atoms with E-state index >= 15 is 0 Å². The number of anilines is 1. The molecule has 0 radical (unpaired) electrons. The molecule has 110 valence electrons. The summed E-state index contributed by atoms with van der Waals surface area (Å²) in [5, 5.41) is 1.86. The number of rotatable bonds is 1. The number of amides is 1. The van der Waals surface area contributed by atoms with Crippen LogP contribution in [0.2, 0.25) is 0 Å². The number of carbonyl (C=O) groups is 1. The molecular weight excluding hydrogens is 262 g/mol. The Bertz CT molecular complexity index is 683. The molecule has 4 nitrogen and oxygen atoms in total. The maximum atomic E-state index is 12.7. The molecule has 0 aliphatic carbocycles. The van der Waals surface area contributed by atoms with Gasteiger partial charge in [0, 0.05) is 18.0 Å². The van der Waals surface area contributed by atoms with Crippen LogP contribution in [0.15, 0.2) is 30.3 Å². The predicted octanol–water partition coefficient (Wildman–Crippen LogP) is 3.08. The number of piperidine rings is 1. The molecule has 2 atom stereocenters. The second-order valence-electron chi connectivity index (χ2n) is 6.09. The third-order valence-electron chi connectivity index (χ3n) is 4.39. The van der Waals surface area contributed by atoms with E-state index < -0.39 is 0 Å². The SMILES string of the molecule is CC1CCN(C(=O)c2cc3ccccc3c(N)n2)C(C)C1. The first-order valence-electron chi connectivity index (χ1n) is 7.52. The molecule has 1 aromatic carbocycles. The number of likely N-dealkylation sites (tertiary alicyclic amines) is 1. The van der Waals surface area contributed by atoms with Gasteiger partial charge in [0.25, 0.3) is 5.91 Å². The van der Waals surface area contributed by atoms with Crippen LogP contribution in [0.1, 0.15) is 37.2 Å². The monoisotopic (exact) mass is 283 g/mol. The van der Waals surface area contributed by atoms with Crippen LogP contribution in [-0.2, 0) is 0 Å². The van der Waals surface area contributed by atoms with E-state index in [1.54, 1.807) is 0 Å². The van der Waals surface area contributed by atoms with E-state index in [1.807, 2.05) is 35.2 Å². The quantitative estimate of drug-likeness (QED) is 0.875. The van der Waals surface area contributed by atoms with E-state index in [4.69, 9.17) is 5.73 Å². The molecule has 3 rings (SSSR count). The number of hydrogen-bond acceptors (Lipinski definition) is 3. The molecule has 1 saturated heterocycles. The summed E-state index contributed by atoms with van der Waals surface area (Å²) in [4.78, 5) is 19.0. The molecule has 2 N–H and O–H groups in total. The van der Waals surface area contributed by atoms with Crippen molar-refractivity contribution >= 4 is 22.5 Å². The highest BCUT2D eigenvalue weighted by atomic mass is 16.2. The minimum atomic E-state index is -0.00754. The van der Waals surface area contributed by atoms with Gasteiger partial charge in [-0.15, -0.1) is 0 Å². The first kappa shape index (κ1) is 13.9. The lowest BCUT2D eigenvalue weighted by atomic mass is 9.93. The molecule has 21 heavy (non-hydrogen) atoms. The third kappa shape index (κ3) is 2.58. The van der Waals surface area contributed by atoms with E-state index in [9.17, 15) is 4.79 Å². The molecule has 4 heteroatoms. The molecule has 0 spiro atoms.